The lowest BCUT2D eigenvalue weighted by Crippen LogP contribution is -2.38. The Morgan fingerprint density at radius 3 is 2.39 bits per heavy atom. The van der Waals surface area contributed by atoms with Crippen LogP contribution in [0.25, 0.3) is 22.3 Å². The number of hydrogen-bond donors (Lipinski definition) is 3. The molecule has 4 N–H and O–H groups in total. The molecule has 1 saturated heterocycles. The van der Waals surface area contributed by atoms with Crippen LogP contribution in [0.3, 0.4) is 0 Å². The third-order valence-electron chi connectivity index (χ3n) is 6.75. The highest BCUT2D eigenvalue weighted by atomic mass is 35.5. The van der Waals surface area contributed by atoms with Gasteiger partial charge in [0, 0.05) is 60.7 Å². The third kappa shape index (κ3) is 6.33. The molecule has 1 aliphatic heterocycles. The molecule has 1 aliphatic rings. The summed E-state index contributed by atoms with van der Waals surface area (Å²) in [6, 6.07) is 15.9. The molecule has 41 heavy (non-hydrogen) atoms. The van der Waals surface area contributed by atoms with Crippen molar-refractivity contribution in [3.8, 4) is 22.3 Å². The zero-order chi connectivity index (χ0) is 29.1. The molecule has 0 radical (unpaired) electrons. The first-order valence-electron chi connectivity index (χ1n) is 12.8. The van der Waals surface area contributed by atoms with E-state index in [1.165, 1.54) is 19.1 Å². The number of rotatable bonds is 6. The van der Waals surface area contributed by atoms with Gasteiger partial charge in [-0.2, -0.15) is 0 Å². The van der Waals surface area contributed by atoms with E-state index in [0.29, 0.717) is 52.6 Å². The van der Waals surface area contributed by atoms with Gasteiger partial charge in [-0.15, -0.1) is 0 Å². The molecular formula is C30H26ClFN6O3. The smallest absolute Gasteiger partial charge is 0.255 e. The molecule has 9 nitrogen and oxygen atoms in total. The fourth-order valence-electron chi connectivity index (χ4n) is 4.66. The molecular weight excluding hydrogens is 547 g/mol. The number of carbonyl (C=O) groups excluding carboxylic acids is 3. The van der Waals surface area contributed by atoms with Gasteiger partial charge < -0.3 is 21.3 Å². The molecule has 0 aliphatic carbocycles. The van der Waals surface area contributed by atoms with Crippen molar-refractivity contribution in [1.82, 2.24) is 20.2 Å². The van der Waals surface area contributed by atoms with Crippen molar-refractivity contribution in [1.29, 1.82) is 0 Å². The van der Waals surface area contributed by atoms with E-state index in [2.05, 4.69) is 20.6 Å². The Morgan fingerprint density at radius 2 is 1.71 bits per heavy atom. The number of amides is 3. The van der Waals surface area contributed by atoms with Crippen molar-refractivity contribution in [3.05, 3.63) is 95.0 Å². The van der Waals surface area contributed by atoms with E-state index < -0.39 is 5.82 Å². The van der Waals surface area contributed by atoms with Gasteiger partial charge >= 0.3 is 0 Å². The highest BCUT2D eigenvalue weighted by Gasteiger charge is 2.29. The average Bonchev–Trinajstić information content (AvgIpc) is 3.41. The first-order valence-corrected chi connectivity index (χ1v) is 13.2. The standard InChI is InChI=1S/C30H26ClFN6O3/c1-17(39)36-27-9-6-20(14-34-27)21-12-25(28(33)35-15-21)29(40)37-23-10-11-38(16-23)30(41)19-4-2-18(3-5-19)24-8-7-22(32)13-26(24)31/h2-9,12-15,23H,10-11,16H2,1H3,(H2,33,35)(H,37,40)(H,34,36,39)/t23-/m1/s1. The molecule has 0 saturated carbocycles. The fourth-order valence-corrected chi connectivity index (χ4v) is 4.93. The van der Waals surface area contributed by atoms with Crippen LogP contribution < -0.4 is 16.4 Å². The molecule has 5 rings (SSSR count). The largest absolute Gasteiger partial charge is 0.383 e. The second-order valence-electron chi connectivity index (χ2n) is 9.68. The molecule has 0 unspecified atom stereocenters. The SMILES string of the molecule is CC(=O)Nc1ccc(-c2cnc(N)c(C(=O)N[C@@H]3CCN(C(=O)c4ccc(-c5ccc(F)cc5Cl)cc4)C3)c2)cn1. The van der Waals surface area contributed by atoms with Crippen LogP contribution in [0.5, 0.6) is 0 Å². The number of aromatic nitrogens is 2. The maximum atomic E-state index is 13.4. The van der Waals surface area contributed by atoms with E-state index >= 15 is 0 Å². The van der Waals surface area contributed by atoms with Crippen LogP contribution in [0, 0.1) is 5.82 Å². The van der Waals surface area contributed by atoms with Crippen LogP contribution in [0.2, 0.25) is 5.02 Å². The quantitative estimate of drug-likeness (QED) is 0.305. The highest BCUT2D eigenvalue weighted by molar-refractivity contribution is 6.33. The lowest BCUT2D eigenvalue weighted by molar-refractivity contribution is -0.114. The molecule has 0 spiro atoms. The van der Waals surface area contributed by atoms with Crippen LogP contribution >= 0.6 is 11.6 Å². The Bertz CT molecular complexity index is 1630. The summed E-state index contributed by atoms with van der Waals surface area (Å²) in [5, 5.41) is 5.86. The Labute approximate surface area is 240 Å². The summed E-state index contributed by atoms with van der Waals surface area (Å²) in [7, 11) is 0. The Morgan fingerprint density at radius 1 is 0.976 bits per heavy atom. The van der Waals surface area contributed by atoms with Gasteiger partial charge in [-0.1, -0.05) is 23.7 Å². The lowest BCUT2D eigenvalue weighted by Gasteiger charge is -2.18. The number of nitrogens with one attached hydrogen (secondary N) is 2. The molecule has 3 heterocycles. The zero-order valence-electron chi connectivity index (χ0n) is 22.0. The number of benzene rings is 2. The second-order valence-corrected chi connectivity index (χ2v) is 10.1. The number of likely N-dealkylation sites (tertiary alicyclic amines) is 1. The third-order valence-corrected chi connectivity index (χ3v) is 7.06. The van der Waals surface area contributed by atoms with Crippen molar-refractivity contribution in [3.63, 3.8) is 0 Å². The molecule has 2 aromatic carbocycles. The summed E-state index contributed by atoms with van der Waals surface area (Å²) in [6.07, 6.45) is 3.70. The normalized spacial score (nSPS) is 14.5. The maximum absolute atomic E-state index is 13.4. The van der Waals surface area contributed by atoms with Crippen LogP contribution in [-0.2, 0) is 4.79 Å². The van der Waals surface area contributed by atoms with Gasteiger partial charge in [0.05, 0.1) is 10.6 Å². The predicted molar refractivity (Wildman–Crippen MR) is 155 cm³/mol. The van der Waals surface area contributed by atoms with Crippen molar-refractivity contribution in [2.24, 2.45) is 0 Å². The summed E-state index contributed by atoms with van der Waals surface area (Å²) in [5.41, 5.74) is 9.51. The number of hydrogen-bond acceptors (Lipinski definition) is 6. The van der Waals surface area contributed by atoms with Crippen LogP contribution in [0.15, 0.2) is 73.1 Å². The topological polar surface area (TPSA) is 130 Å². The monoisotopic (exact) mass is 572 g/mol. The summed E-state index contributed by atoms with van der Waals surface area (Å²) < 4.78 is 13.4. The Kier molecular flexibility index (Phi) is 7.93. The minimum atomic E-state index is -0.417. The van der Waals surface area contributed by atoms with Crippen molar-refractivity contribution in [2.45, 2.75) is 19.4 Å². The molecule has 2 aromatic heterocycles. The number of anilines is 2. The minimum Gasteiger partial charge on any atom is -0.383 e. The van der Waals surface area contributed by atoms with Gasteiger partial charge in [0.2, 0.25) is 5.91 Å². The van der Waals surface area contributed by atoms with Gasteiger partial charge in [-0.05, 0) is 60.5 Å². The molecule has 4 aromatic rings. The second kappa shape index (κ2) is 11.7. The van der Waals surface area contributed by atoms with Crippen molar-refractivity contribution in [2.75, 3.05) is 24.1 Å². The lowest BCUT2D eigenvalue weighted by atomic mass is 10.0. The molecule has 3 amide bonds. The Balaban J connectivity index is 1.22. The number of halogens is 2. The maximum Gasteiger partial charge on any atom is 0.255 e. The number of nitrogens with zero attached hydrogens (tertiary/aromatic N) is 3. The first-order chi connectivity index (χ1) is 19.7. The first kappa shape index (κ1) is 27.7. The highest BCUT2D eigenvalue weighted by Crippen LogP contribution is 2.29. The summed E-state index contributed by atoms with van der Waals surface area (Å²) in [4.78, 5) is 47.5. The van der Waals surface area contributed by atoms with Gasteiger partial charge in [0.1, 0.15) is 17.5 Å². The van der Waals surface area contributed by atoms with Crippen molar-refractivity contribution < 1.29 is 18.8 Å². The van der Waals surface area contributed by atoms with E-state index in [9.17, 15) is 18.8 Å². The molecule has 208 valence electrons. The number of pyridine rings is 2. The van der Waals surface area contributed by atoms with Crippen LogP contribution in [-0.4, -0.2) is 51.7 Å². The summed E-state index contributed by atoms with van der Waals surface area (Å²) in [5.74, 6) is -0.690. The molecule has 1 atom stereocenters. The van der Waals surface area contributed by atoms with E-state index in [1.807, 2.05) is 0 Å². The average molecular weight is 573 g/mol. The van der Waals surface area contributed by atoms with E-state index in [-0.39, 0.29) is 35.1 Å². The van der Waals surface area contributed by atoms with Gasteiger partial charge in [0.15, 0.2) is 0 Å². The minimum absolute atomic E-state index is 0.0846. The molecule has 0 bridgehead atoms. The van der Waals surface area contributed by atoms with Crippen molar-refractivity contribution >= 4 is 41.0 Å². The summed E-state index contributed by atoms with van der Waals surface area (Å²) >= 11 is 6.17. The molecule has 1 fully saturated rings. The number of nitrogens with two attached hydrogens (primary N) is 1. The summed E-state index contributed by atoms with van der Waals surface area (Å²) in [6.45, 7) is 2.22. The zero-order valence-corrected chi connectivity index (χ0v) is 22.8. The number of carbonyl (C=O) groups is 3. The van der Waals surface area contributed by atoms with Gasteiger partial charge in [-0.25, -0.2) is 14.4 Å². The Hall–Kier alpha value is -4.83. The van der Waals surface area contributed by atoms with E-state index in [1.54, 1.807) is 65.8 Å². The fraction of sp³-hybridized carbons (Fsp3) is 0.167. The number of nitrogen functional groups attached to an aromatic ring is 1. The molecule has 11 heteroatoms. The van der Waals surface area contributed by atoms with E-state index in [0.717, 1.165) is 5.56 Å². The van der Waals surface area contributed by atoms with Crippen LogP contribution in [0.1, 0.15) is 34.1 Å². The van der Waals surface area contributed by atoms with Gasteiger partial charge in [0.25, 0.3) is 11.8 Å². The van der Waals surface area contributed by atoms with E-state index in [4.69, 9.17) is 17.3 Å². The van der Waals surface area contributed by atoms with Crippen LogP contribution in [0.4, 0.5) is 16.0 Å². The predicted octanol–water partition coefficient (Wildman–Crippen LogP) is 4.79. The van der Waals surface area contributed by atoms with Gasteiger partial charge in [-0.3, -0.25) is 14.4 Å².